The van der Waals surface area contributed by atoms with Crippen molar-refractivity contribution in [2.45, 2.75) is 19.4 Å². The fourth-order valence-corrected chi connectivity index (χ4v) is 4.28. The molecule has 1 aromatic heterocycles. The molecule has 33 heavy (non-hydrogen) atoms. The molecule has 4 aromatic rings. The lowest BCUT2D eigenvalue weighted by molar-refractivity contribution is 0.0729. The summed E-state index contributed by atoms with van der Waals surface area (Å²) in [6, 6.07) is 22.6. The van der Waals surface area contributed by atoms with Crippen LogP contribution in [0.25, 0.3) is 10.9 Å². The van der Waals surface area contributed by atoms with Crippen molar-refractivity contribution in [1.29, 1.82) is 0 Å². The first-order valence-corrected chi connectivity index (χ1v) is 11.4. The molecular formula is C27H23ClN2O3. The maximum atomic E-state index is 13.2. The lowest BCUT2D eigenvalue weighted by atomic mass is 10.1. The van der Waals surface area contributed by atoms with Crippen LogP contribution in [0.1, 0.15) is 28.8 Å². The van der Waals surface area contributed by atoms with Gasteiger partial charge in [-0.2, -0.15) is 0 Å². The maximum Gasteiger partial charge on any atom is 0.347 e. The molecule has 5 rings (SSSR count). The molecule has 0 amide bonds. The Balaban J connectivity index is 1.41. The molecule has 0 spiro atoms. The summed E-state index contributed by atoms with van der Waals surface area (Å²) in [4.78, 5) is 20.1. The van der Waals surface area contributed by atoms with Crippen LogP contribution in [0, 0.1) is 0 Å². The van der Waals surface area contributed by atoms with Gasteiger partial charge in [0.2, 0.25) is 0 Å². The topological polar surface area (TPSA) is 51.7 Å². The van der Waals surface area contributed by atoms with Crippen molar-refractivity contribution < 1.29 is 14.3 Å². The molecular weight excluding hydrogens is 436 g/mol. The summed E-state index contributed by atoms with van der Waals surface area (Å²) in [7, 11) is 0. The zero-order valence-electron chi connectivity index (χ0n) is 18.0. The van der Waals surface area contributed by atoms with E-state index >= 15 is 0 Å². The third-order valence-corrected chi connectivity index (χ3v) is 6.07. The van der Waals surface area contributed by atoms with Gasteiger partial charge in [-0.1, -0.05) is 60.1 Å². The van der Waals surface area contributed by atoms with Gasteiger partial charge in [0.15, 0.2) is 11.5 Å². The molecule has 1 aliphatic rings. The average Bonchev–Trinajstić information content (AvgIpc) is 3.39. The van der Waals surface area contributed by atoms with Crippen molar-refractivity contribution in [2.24, 2.45) is 0 Å². The van der Waals surface area contributed by atoms with Gasteiger partial charge >= 0.3 is 5.97 Å². The quantitative estimate of drug-likeness (QED) is 0.251. The number of nitrogens with zero attached hydrogens (tertiary/aromatic N) is 2. The van der Waals surface area contributed by atoms with E-state index in [1.54, 1.807) is 30.5 Å². The Morgan fingerprint density at radius 2 is 1.67 bits per heavy atom. The Labute approximate surface area is 197 Å². The maximum absolute atomic E-state index is 13.2. The number of carbonyl (C=O) groups is 1. The van der Waals surface area contributed by atoms with Crippen LogP contribution in [0.5, 0.6) is 11.5 Å². The van der Waals surface area contributed by atoms with Crippen LogP contribution >= 0.6 is 11.6 Å². The van der Waals surface area contributed by atoms with E-state index in [0.29, 0.717) is 28.6 Å². The minimum atomic E-state index is -0.567. The molecule has 0 radical (unpaired) electrons. The fourth-order valence-electron chi connectivity index (χ4n) is 4.05. The molecule has 2 heterocycles. The molecule has 0 aliphatic carbocycles. The number of fused-ring (bicyclic) bond motifs is 1. The second kappa shape index (κ2) is 9.51. The van der Waals surface area contributed by atoms with Crippen molar-refractivity contribution in [1.82, 2.24) is 4.98 Å². The number of para-hydroxylation sites is 2. The van der Waals surface area contributed by atoms with E-state index in [9.17, 15) is 4.79 Å². The third-order valence-electron chi connectivity index (χ3n) is 5.75. The zero-order valence-corrected chi connectivity index (χ0v) is 18.8. The number of aromatic nitrogens is 1. The summed E-state index contributed by atoms with van der Waals surface area (Å²) < 4.78 is 11.7. The molecule has 5 nitrogen and oxygen atoms in total. The standard InChI is InChI=1S/C27H23ClN2O3/c28-22-13-12-20-16-21(30-14-6-7-15-30)17-29-26(20)25(22)27(31)33-24-11-5-4-10-23(24)32-18-19-8-2-1-3-9-19/h1-5,8-13,16-17H,6-7,14-15,18H2. The Morgan fingerprint density at radius 1 is 0.939 bits per heavy atom. The Bertz CT molecular complexity index is 1290. The SMILES string of the molecule is O=C(Oc1ccccc1OCc1ccccc1)c1c(Cl)ccc2cc(N3CCCC3)cnc12. The second-order valence-electron chi connectivity index (χ2n) is 7.99. The van der Waals surface area contributed by atoms with Crippen LogP contribution in [-0.2, 0) is 6.61 Å². The summed E-state index contributed by atoms with van der Waals surface area (Å²) in [5.74, 6) is 0.248. The number of esters is 1. The minimum Gasteiger partial charge on any atom is -0.485 e. The molecule has 0 bridgehead atoms. The van der Waals surface area contributed by atoms with Gasteiger partial charge in [-0.25, -0.2) is 4.79 Å². The van der Waals surface area contributed by atoms with E-state index in [2.05, 4.69) is 16.0 Å². The first-order chi connectivity index (χ1) is 16.2. The van der Waals surface area contributed by atoms with Crippen molar-refractivity contribution >= 4 is 34.2 Å². The van der Waals surface area contributed by atoms with Crippen molar-refractivity contribution in [3.63, 3.8) is 0 Å². The molecule has 0 N–H and O–H groups in total. The Hall–Kier alpha value is -3.57. The van der Waals surface area contributed by atoms with Gasteiger partial charge in [0, 0.05) is 18.5 Å². The largest absolute Gasteiger partial charge is 0.485 e. The third kappa shape index (κ3) is 4.64. The van der Waals surface area contributed by atoms with Crippen molar-refractivity contribution in [2.75, 3.05) is 18.0 Å². The first-order valence-electron chi connectivity index (χ1n) is 11.0. The van der Waals surface area contributed by atoms with Crippen LogP contribution in [0.3, 0.4) is 0 Å². The predicted molar refractivity (Wildman–Crippen MR) is 130 cm³/mol. The first kappa shape index (κ1) is 21.3. The number of rotatable bonds is 6. The number of pyridine rings is 1. The van der Waals surface area contributed by atoms with Crippen LogP contribution in [-0.4, -0.2) is 24.0 Å². The monoisotopic (exact) mass is 458 g/mol. The molecule has 0 saturated carbocycles. The normalized spacial score (nSPS) is 13.3. The minimum absolute atomic E-state index is 0.250. The number of hydrogen-bond donors (Lipinski definition) is 0. The second-order valence-corrected chi connectivity index (χ2v) is 8.40. The fraction of sp³-hybridized carbons (Fsp3) is 0.185. The van der Waals surface area contributed by atoms with Gasteiger partial charge < -0.3 is 14.4 Å². The highest BCUT2D eigenvalue weighted by Gasteiger charge is 2.21. The highest BCUT2D eigenvalue weighted by molar-refractivity contribution is 6.35. The summed E-state index contributed by atoms with van der Waals surface area (Å²) in [6.07, 6.45) is 4.17. The predicted octanol–water partition coefficient (Wildman–Crippen LogP) is 6.29. The van der Waals surface area contributed by atoms with E-state index in [1.165, 1.54) is 12.8 Å². The molecule has 1 aliphatic heterocycles. The van der Waals surface area contributed by atoms with Gasteiger partial charge in [-0.3, -0.25) is 4.98 Å². The van der Waals surface area contributed by atoms with E-state index in [-0.39, 0.29) is 5.56 Å². The number of anilines is 1. The smallest absolute Gasteiger partial charge is 0.347 e. The molecule has 1 fully saturated rings. The summed E-state index contributed by atoms with van der Waals surface area (Å²) in [6.45, 7) is 2.41. The highest BCUT2D eigenvalue weighted by Crippen LogP contribution is 2.32. The van der Waals surface area contributed by atoms with Crippen molar-refractivity contribution in [3.05, 3.63) is 95.1 Å². The lowest BCUT2D eigenvalue weighted by Gasteiger charge is -2.18. The lowest BCUT2D eigenvalue weighted by Crippen LogP contribution is -2.18. The number of carbonyl (C=O) groups excluding carboxylic acids is 1. The van der Waals surface area contributed by atoms with E-state index in [1.807, 2.05) is 42.5 Å². The number of benzene rings is 3. The summed E-state index contributed by atoms with van der Waals surface area (Å²) in [5.41, 5.74) is 2.85. The summed E-state index contributed by atoms with van der Waals surface area (Å²) >= 11 is 6.43. The van der Waals surface area contributed by atoms with Crippen LogP contribution in [0.4, 0.5) is 5.69 Å². The van der Waals surface area contributed by atoms with Crippen LogP contribution < -0.4 is 14.4 Å². The average molecular weight is 459 g/mol. The zero-order chi connectivity index (χ0) is 22.6. The van der Waals surface area contributed by atoms with E-state index < -0.39 is 5.97 Å². The summed E-state index contributed by atoms with van der Waals surface area (Å²) in [5, 5.41) is 1.15. The highest BCUT2D eigenvalue weighted by atomic mass is 35.5. The molecule has 6 heteroatoms. The molecule has 0 atom stereocenters. The molecule has 3 aromatic carbocycles. The number of halogens is 1. The van der Waals surface area contributed by atoms with Gasteiger partial charge in [-0.15, -0.1) is 0 Å². The van der Waals surface area contributed by atoms with E-state index in [0.717, 1.165) is 29.7 Å². The van der Waals surface area contributed by atoms with Crippen molar-refractivity contribution in [3.8, 4) is 11.5 Å². The molecule has 166 valence electrons. The van der Waals surface area contributed by atoms with Crippen LogP contribution in [0.15, 0.2) is 79.0 Å². The van der Waals surface area contributed by atoms with Gasteiger partial charge in [0.25, 0.3) is 0 Å². The Kier molecular flexibility index (Phi) is 6.13. The Morgan fingerprint density at radius 3 is 2.45 bits per heavy atom. The number of ether oxygens (including phenoxy) is 2. The van der Waals surface area contributed by atoms with Gasteiger partial charge in [0.1, 0.15) is 12.2 Å². The number of hydrogen-bond acceptors (Lipinski definition) is 5. The molecule has 1 saturated heterocycles. The van der Waals surface area contributed by atoms with Gasteiger partial charge in [0.05, 0.1) is 22.4 Å². The van der Waals surface area contributed by atoms with Gasteiger partial charge in [-0.05, 0) is 42.7 Å². The van der Waals surface area contributed by atoms with Crippen LogP contribution in [0.2, 0.25) is 5.02 Å². The van der Waals surface area contributed by atoms with E-state index in [4.69, 9.17) is 21.1 Å². The molecule has 0 unspecified atom stereocenters.